The van der Waals surface area contributed by atoms with E-state index in [1.54, 1.807) is 0 Å². The van der Waals surface area contributed by atoms with E-state index in [1.165, 1.54) is 0 Å². The maximum absolute atomic E-state index is 7.97. The van der Waals surface area contributed by atoms with Crippen LogP contribution in [0.1, 0.15) is 11.1 Å². The lowest BCUT2D eigenvalue weighted by Crippen LogP contribution is -1.99. The number of nitrogens with one attached hydrogen (secondary N) is 1. The zero-order chi connectivity index (χ0) is 9.80. The van der Waals surface area contributed by atoms with Crippen molar-refractivity contribution in [3.8, 4) is 0 Å². The second-order valence-corrected chi connectivity index (χ2v) is 3.11. The van der Waals surface area contributed by atoms with Crippen molar-refractivity contribution in [2.45, 2.75) is 0 Å². The maximum Gasteiger partial charge on any atom is 0.0684 e. The summed E-state index contributed by atoms with van der Waals surface area (Å²) < 4.78 is 0. The van der Waals surface area contributed by atoms with Gasteiger partial charge in [-0.15, -0.1) is 0 Å². The molecular weight excluding hydrogens is 184 g/mol. The monoisotopic (exact) mass is 198 g/mol. The standard InChI is InChI=1S/C13H11N.H3N/c14-13(11-7-3-1-4-8-11)12-9-5-2-6-10-12;/h1-10,14H;1H3. The lowest BCUT2D eigenvalue weighted by molar-refractivity contribution is 1.46. The Morgan fingerprint density at radius 3 is 1.33 bits per heavy atom. The Kier molecular flexibility index (Phi) is 3.77. The Labute approximate surface area is 89.7 Å². The van der Waals surface area contributed by atoms with Crippen molar-refractivity contribution in [2.24, 2.45) is 0 Å². The Hall–Kier alpha value is -1.93. The van der Waals surface area contributed by atoms with Crippen LogP contribution in [0.15, 0.2) is 60.7 Å². The molecule has 0 amide bonds. The van der Waals surface area contributed by atoms with Crippen LogP contribution < -0.4 is 6.15 Å². The van der Waals surface area contributed by atoms with Crippen LogP contribution in [0.5, 0.6) is 0 Å². The van der Waals surface area contributed by atoms with Crippen molar-refractivity contribution in [3.63, 3.8) is 0 Å². The lowest BCUT2D eigenvalue weighted by Gasteiger charge is -2.02. The van der Waals surface area contributed by atoms with Crippen LogP contribution >= 0.6 is 0 Å². The highest BCUT2D eigenvalue weighted by molar-refractivity contribution is 6.10. The summed E-state index contributed by atoms with van der Waals surface area (Å²) in [6, 6.07) is 19.5. The quantitative estimate of drug-likeness (QED) is 0.715. The van der Waals surface area contributed by atoms with E-state index >= 15 is 0 Å². The van der Waals surface area contributed by atoms with E-state index in [0.717, 1.165) is 11.1 Å². The van der Waals surface area contributed by atoms with Gasteiger partial charge < -0.3 is 6.15 Å². The predicted octanol–water partition coefficient (Wildman–Crippen LogP) is 3.26. The normalized spacial score (nSPS) is 9.07. The van der Waals surface area contributed by atoms with Crippen LogP contribution in [0, 0.1) is 5.41 Å². The molecule has 2 heteroatoms. The summed E-state index contributed by atoms with van der Waals surface area (Å²) in [5.41, 5.74) is 2.49. The van der Waals surface area contributed by atoms with E-state index < -0.39 is 0 Å². The maximum atomic E-state index is 7.97. The molecule has 15 heavy (non-hydrogen) atoms. The first-order valence-corrected chi connectivity index (χ1v) is 4.57. The first-order chi connectivity index (χ1) is 6.88. The average molecular weight is 198 g/mol. The Morgan fingerprint density at radius 2 is 1.00 bits per heavy atom. The van der Waals surface area contributed by atoms with Crippen LogP contribution in [-0.4, -0.2) is 5.71 Å². The summed E-state index contributed by atoms with van der Waals surface area (Å²) in [5, 5.41) is 7.97. The summed E-state index contributed by atoms with van der Waals surface area (Å²) in [5.74, 6) is 0. The molecule has 0 aliphatic heterocycles. The number of hydrogen-bond acceptors (Lipinski definition) is 2. The fraction of sp³-hybridized carbons (Fsp3) is 0. The second kappa shape index (κ2) is 5.08. The number of benzene rings is 2. The van der Waals surface area contributed by atoms with Crippen LogP contribution in [0.2, 0.25) is 0 Å². The minimum Gasteiger partial charge on any atom is -0.344 e. The van der Waals surface area contributed by atoms with E-state index in [9.17, 15) is 0 Å². The zero-order valence-electron chi connectivity index (χ0n) is 8.48. The molecule has 0 bridgehead atoms. The van der Waals surface area contributed by atoms with Gasteiger partial charge in [0, 0.05) is 0 Å². The molecule has 4 N–H and O–H groups in total. The molecule has 76 valence electrons. The van der Waals surface area contributed by atoms with Gasteiger partial charge in [0.25, 0.3) is 0 Å². The molecule has 0 aromatic heterocycles. The largest absolute Gasteiger partial charge is 0.344 e. The molecule has 0 heterocycles. The first-order valence-electron chi connectivity index (χ1n) is 4.57. The van der Waals surface area contributed by atoms with E-state index in [-0.39, 0.29) is 6.15 Å². The minimum absolute atomic E-state index is 0. The smallest absolute Gasteiger partial charge is 0.0684 e. The third-order valence-corrected chi connectivity index (χ3v) is 2.12. The molecule has 2 aromatic rings. The summed E-state index contributed by atoms with van der Waals surface area (Å²) in [6.45, 7) is 0. The fourth-order valence-corrected chi connectivity index (χ4v) is 1.38. The van der Waals surface area contributed by atoms with Crippen LogP contribution in [0.3, 0.4) is 0 Å². The molecule has 0 aliphatic carbocycles. The van der Waals surface area contributed by atoms with Gasteiger partial charge in [-0.1, -0.05) is 60.7 Å². The van der Waals surface area contributed by atoms with Gasteiger partial charge >= 0.3 is 0 Å². The van der Waals surface area contributed by atoms with Gasteiger partial charge in [-0.05, 0) is 11.1 Å². The Balaban J connectivity index is 0.00000112. The molecule has 2 nitrogen and oxygen atoms in total. The van der Waals surface area contributed by atoms with Crippen molar-refractivity contribution >= 4 is 5.71 Å². The van der Waals surface area contributed by atoms with Crippen molar-refractivity contribution in [1.29, 1.82) is 5.41 Å². The molecule has 0 saturated heterocycles. The molecule has 0 spiro atoms. The average Bonchev–Trinajstić information content (AvgIpc) is 2.30. The van der Waals surface area contributed by atoms with E-state index in [0.29, 0.717) is 5.71 Å². The molecule has 0 unspecified atom stereocenters. The minimum atomic E-state index is 0. The lowest BCUT2D eigenvalue weighted by atomic mass is 10.0. The molecule has 0 fully saturated rings. The molecule has 0 radical (unpaired) electrons. The zero-order valence-corrected chi connectivity index (χ0v) is 8.48. The molecule has 0 aliphatic rings. The van der Waals surface area contributed by atoms with Crippen LogP contribution in [0.4, 0.5) is 0 Å². The molecular formula is C13H14N2. The predicted molar refractivity (Wildman–Crippen MR) is 63.8 cm³/mol. The van der Waals surface area contributed by atoms with E-state index in [2.05, 4.69) is 0 Å². The topological polar surface area (TPSA) is 58.9 Å². The van der Waals surface area contributed by atoms with Crippen molar-refractivity contribution in [2.75, 3.05) is 0 Å². The number of hydrogen-bond donors (Lipinski definition) is 2. The summed E-state index contributed by atoms with van der Waals surface area (Å²) >= 11 is 0. The van der Waals surface area contributed by atoms with Crippen LogP contribution in [-0.2, 0) is 0 Å². The number of rotatable bonds is 2. The summed E-state index contributed by atoms with van der Waals surface area (Å²) in [4.78, 5) is 0. The highest BCUT2D eigenvalue weighted by atomic mass is 14.4. The summed E-state index contributed by atoms with van der Waals surface area (Å²) in [6.07, 6.45) is 0. The highest BCUT2D eigenvalue weighted by Gasteiger charge is 2.01. The molecule has 0 atom stereocenters. The molecule has 2 rings (SSSR count). The third kappa shape index (κ3) is 2.51. The third-order valence-electron chi connectivity index (χ3n) is 2.12. The Morgan fingerprint density at radius 1 is 0.667 bits per heavy atom. The molecule has 2 aromatic carbocycles. The Bertz CT molecular complexity index is 379. The first kappa shape index (κ1) is 11.1. The van der Waals surface area contributed by atoms with Crippen molar-refractivity contribution in [1.82, 2.24) is 6.15 Å². The van der Waals surface area contributed by atoms with E-state index in [4.69, 9.17) is 5.41 Å². The van der Waals surface area contributed by atoms with Gasteiger partial charge in [0.1, 0.15) is 0 Å². The van der Waals surface area contributed by atoms with E-state index in [1.807, 2.05) is 60.7 Å². The van der Waals surface area contributed by atoms with Crippen molar-refractivity contribution in [3.05, 3.63) is 71.8 Å². The van der Waals surface area contributed by atoms with Crippen LogP contribution in [0.25, 0.3) is 0 Å². The van der Waals surface area contributed by atoms with Crippen molar-refractivity contribution < 1.29 is 0 Å². The molecule has 0 saturated carbocycles. The van der Waals surface area contributed by atoms with Gasteiger partial charge in [-0.25, -0.2) is 0 Å². The summed E-state index contributed by atoms with van der Waals surface area (Å²) in [7, 11) is 0. The fourth-order valence-electron chi connectivity index (χ4n) is 1.38. The van der Waals surface area contributed by atoms with Gasteiger partial charge in [0.2, 0.25) is 0 Å². The van der Waals surface area contributed by atoms with Gasteiger partial charge in [-0.2, -0.15) is 0 Å². The van der Waals surface area contributed by atoms with Gasteiger partial charge in [-0.3, -0.25) is 5.41 Å². The SMILES string of the molecule is N.N=C(c1ccccc1)c1ccccc1. The highest BCUT2D eigenvalue weighted by Crippen LogP contribution is 2.08. The van der Waals surface area contributed by atoms with Gasteiger partial charge in [0.05, 0.1) is 5.71 Å². The second-order valence-electron chi connectivity index (χ2n) is 3.11. The van der Waals surface area contributed by atoms with Gasteiger partial charge in [0.15, 0.2) is 0 Å².